The van der Waals surface area contributed by atoms with Crippen molar-refractivity contribution in [1.29, 1.82) is 0 Å². The average Bonchev–Trinajstić information content (AvgIpc) is 2.42. The quantitative estimate of drug-likeness (QED) is 0.927. The van der Waals surface area contributed by atoms with Crippen molar-refractivity contribution < 1.29 is 9.53 Å². The molecule has 0 aromatic heterocycles. The summed E-state index contributed by atoms with van der Waals surface area (Å²) in [7, 11) is 3.74. The first kappa shape index (κ1) is 15.1. The molecule has 1 saturated heterocycles. The number of hydrogen-bond donors (Lipinski definition) is 1. The van der Waals surface area contributed by atoms with Crippen LogP contribution in [-0.4, -0.2) is 44.6 Å². The van der Waals surface area contributed by atoms with Crippen LogP contribution >= 0.6 is 23.2 Å². The number of rotatable bonds is 3. The summed E-state index contributed by atoms with van der Waals surface area (Å²) >= 11 is 12.9. The van der Waals surface area contributed by atoms with Gasteiger partial charge in [-0.15, -0.1) is 0 Å². The summed E-state index contributed by atoms with van der Waals surface area (Å²) in [6.07, 6.45) is 0.579. The molecule has 1 N–H and O–H groups in total. The van der Waals surface area contributed by atoms with Crippen LogP contribution in [-0.2, 0) is 11.2 Å². The molecular formula is C15H18Cl2N2O2. The van der Waals surface area contributed by atoms with E-state index in [1.54, 1.807) is 7.11 Å². The van der Waals surface area contributed by atoms with Gasteiger partial charge in [-0.3, -0.25) is 4.79 Å². The molecule has 114 valence electrons. The molecule has 2 heterocycles. The number of halogens is 2. The Hall–Kier alpha value is -0.810. The minimum absolute atomic E-state index is 0.133. The van der Waals surface area contributed by atoms with E-state index in [0.29, 0.717) is 34.5 Å². The smallest absolute Gasteiger partial charge is 0.253 e. The van der Waals surface area contributed by atoms with Gasteiger partial charge in [-0.1, -0.05) is 23.2 Å². The topological polar surface area (TPSA) is 41.6 Å². The third-order valence-corrected chi connectivity index (χ3v) is 5.06. The molecule has 1 fully saturated rings. The minimum atomic E-state index is -0.148. The molecule has 1 unspecified atom stereocenters. The van der Waals surface area contributed by atoms with E-state index >= 15 is 0 Å². The number of fused-ring (bicyclic) bond motifs is 1. The average molecular weight is 329 g/mol. The Morgan fingerprint density at radius 3 is 2.76 bits per heavy atom. The predicted octanol–water partition coefficient (Wildman–Crippen LogP) is 2.53. The first-order valence-electron chi connectivity index (χ1n) is 7.03. The lowest BCUT2D eigenvalue weighted by Gasteiger charge is -2.41. The molecule has 1 atom stereocenters. The van der Waals surface area contributed by atoms with Gasteiger partial charge in [-0.25, -0.2) is 0 Å². The largest absolute Gasteiger partial charge is 0.376 e. The fourth-order valence-electron chi connectivity index (χ4n) is 3.27. The Bertz CT molecular complexity index is 586. The number of hydrogen-bond acceptors (Lipinski definition) is 3. The van der Waals surface area contributed by atoms with E-state index in [1.165, 1.54) is 0 Å². The summed E-state index contributed by atoms with van der Waals surface area (Å²) < 4.78 is 5.65. The molecule has 2 aliphatic rings. The summed E-state index contributed by atoms with van der Waals surface area (Å²) in [4.78, 5) is 14.3. The number of benzene rings is 1. The summed E-state index contributed by atoms with van der Waals surface area (Å²) in [6.45, 7) is 2.51. The van der Waals surface area contributed by atoms with Crippen LogP contribution in [0.25, 0.3) is 0 Å². The van der Waals surface area contributed by atoms with E-state index in [4.69, 9.17) is 27.9 Å². The summed E-state index contributed by atoms with van der Waals surface area (Å²) in [6, 6.07) is 1.87. The second kappa shape index (κ2) is 5.76. The van der Waals surface area contributed by atoms with Crippen LogP contribution in [0.5, 0.6) is 0 Å². The van der Waals surface area contributed by atoms with Crippen molar-refractivity contribution in [3.05, 3.63) is 32.8 Å². The summed E-state index contributed by atoms with van der Waals surface area (Å²) in [5, 5.41) is 3.91. The Labute approximate surface area is 134 Å². The van der Waals surface area contributed by atoms with Gasteiger partial charge < -0.3 is 15.0 Å². The minimum Gasteiger partial charge on any atom is -0.376 e. The van der Waals surface area contributed by atoms with Crippen LogP contribution < -0.4 is 5.32 Å². The lowest BCUT2D eigenvalue weighted by Crippen LogP contribution is -2.47. The first-order chi connectivity index (χ1) is 10.0. The van der Waals surface area contributed by atoms with Crippen LogP contribution in [0.15, 0.2) is 6.07 Å². The van der Waals surface area contributed by atoms with E-state index in [-0.39, 0.29) is 12.0 Å². The summed E-state index contributed by atoms with van der Waals surface area (Å²) in [5.41, 5.74) is 2.17. The second-order valence-electron chi connectivity index (χ2n) is 5.76. The van der Waals surface area contributed by atoms with Crippen molar-refractivity contribution in [3.8, 4) is 0 Å². The Morgan fingerprint density at radius 2 is 2.14 bits per heavy atom. The maximum atomic E-state index is 12.1. The fourth-order valence-corrected chi connectivity index (χ4v) is 3.94. The molecule has 0 spiro atoms. The van der Waals surface area contributed by atoms with Gasteiger partial charge in [0, 0.05) is 43.2 Å². The van der Waals surface area contributed by atoms with Gasteiger partial charge in [0.25, 0.3) is 5.91 Å². The zero-order chi connectivity index (χ0) is 15.1. The highest BCUT2D eigenvalue weighted by Crippen LogP contribution is 2.41. The van der Waals surface area contributed by atoms with Crippen molar-refractivity contribution in [2.45, 2.75) is 12.5 Å². The molecule has 0 bridgehead atoms. The number of amides is 1. The van der Waals surface area contributed by atoms with E-state index in [0.717, 1.165) is 24.2 Å². The Balaban J connectivity index is 2.04. The first-order valence-corrected chi connectivity index (χ1v) is 7.78. The molecule has 1 aromatic carbocycles. The highest BCUT2D eigenvalue weighted by molar-refractivity contribution is 6.37. The third-order valence-electron chi connectivity index (χ3n) is 4.31. The van der Waals surface area contributed by atoms with Crippen molar-refractivity contribution in [2.75, 3.05) is 33.8 Å². The van der Waals surface area contributed by atoms with Gasteiger partial charge in [-0.2, -0.15) is 0 Å². The van der Waals surface area contributed by atoms with E-state index < -0.39 is 0 Å². The van der Waals surface area contributed by atoms with Gasteiger partial charge >= 0.3 is 0 Å². The zero-order valence-corrected chi connectivity index (χ0v) is 13.6. The predicted molar refractivity (Wildman–Crippen MR) is 83.2 cm³/mol. The standard InChI is InChI=1S/C15H18Cl2N2O2/c1-19-6-8(7-19)14(21-2)10-5-11(16)9-3-4-18-15(20)12(9)13(10)17/h5,8,14H,3-4,6-7H2,1-2H3,(H,18,20). The Morgan fingerprint density at radius 1 is 1.43 bits per heavy atom. The molecule has 1 amide bonds. The van der Waals surface area contributed by atoms with Crippen LogP contribution in [0.1, 0.15) is 27.6 Å². The number of nitrogens with one attached hydrogen (secondary N) is 1. The maximum Gasteiger partial charge on any atom is 0.253 e. The molecule has 3 rings (SSSR count). The number of nitrogens with zero attached hydrogens (tertiary/aromatic N) is 1. The molecule has 2 aliphatic heterocycles. The highest BCUT2D eigenvalue weighted by Gasteiger charge is 2.35. The van der Waals surface area contributed by atoms with E-state index in [9.17, 15) is 4.79 Å². The van der Waals surface area contributed by atoms with E-state index in [1.807, 2.05) is 6.07 Å². The molecule has 1 aromatic rings. The van der Waals surface area contributed by atoms with Gasteiger partial charge in [0.15, 0.2) is 0 Å². The third kappa shape index (κ3) is 2.55. The van der Waals surface area contributed by atoms with Gasteiger partial charge in [-0.05, 0) is 25.1 Å². The molecule has 0 radical (unpaired) electrons. The van der Waals surface area contributed by atoms with Gasteiger partial charge in [0.2, 0.25) is 0 Å². The molecule has 0 aliphatic carbocycles. The molecule has 21 heavy (non-hydrogen) atoms. The van der Waals surface area contributed by atoms with Crippen LogP contribution in [0, 0.1) is 5.92 Å². The number of ether oxygens (including phenoxy) is 1. The van der Waals surface area contributed by atoms with Crippen molar-refractivity contribution in [3.63, 3.8) is 0 Å². The van der Waals surface area contributed by atoms with Crippen molar-refractivity contribution in [1.82, 2.24) is 10.2 Å². The van der Waals surface area contributed by atoms with Crippen molar-refractivity contribution in [2.24, 2.45) is 5.92 Å². The molecular weight excluding hydrogens is 311 g/mol. The zero-order valence-electron chi connectivity index (χ0n) is 12.1. The normalized spacial score (nSPS) is 20.7. The van der Waals surface area contributed by atoms with Crippen LogP contribution in [0.4, 0.5) is 0 Å². The SMILES string of the molecule is COC(c1cc(Cl)c2c(c1Cl)C(=O)NCC2)C1CN(C)C1. The lowest BCUT2D eigenvalue weighted by molar-refractivity contribution is -0.0197. The number of carbonyl (C=O) groups is 1. The molecule has 0 saturated carbocycles. The van der Waals surface area contributed by atoms with E-state index in [2.05, 4.69) is 17.3 Å². The monoisotopic (exact) mass is 328 g/mol. The summed E-state index contributed by atoms with van der Waals surface area (Å²) in [5.74, 6) is 0.226. The number of carbonyl (C=O) groups excluding carboxylic acids is 1. The fraction of sp³-hybridized carbons (Fsp3) is 0.533. The van der Waals surface area contributed by atoms with Crippen molar-refractivity contribution >= 4 is 29.1 Å². The maximum absolute atomic E-state index is 12.1. The van der Waals surface area contributed by atoms with Gasteiger partial charge in [0.1, 0.15) is 0 Å². The molecule has 6 heteroatoms. The van der Waals surface area contributed by atoms with Gasteiger partial charge in [0.05, 0.1) is 16.7 Å². The molecule has 4 nitrogen and oxygen atoms in total. The Kier molecular flexibility index (Phi) is 4.14. The highest BCUT2D eigenvalue weighted by atomic mass is 35.5. The number of methoxy groups -OCH3 is 1. The second-order valence-corrected chi connectivity index (χ2v) is 6.54. The van der Waals surface area contributed by atoms with Crippen LogP contribution in [0.2, 0.25) is 10.0 Å². The van der Waals surface area contributed by atoms with Crippen LogP contribution in [0.3, 0.4) is 0 Å². The number of likely N-dealkylation sites (tertiary alicyclic amines) is 1. The lowest BCUT2D eigenvalue weighted by atomic mass is 9.87.